The number of nitrogens with two attached hydrogens (primary N) is 1. The van der Waals surface area contributed by atoms with Crippen LogP contribution in [0.15, 0.2) is 0 Å². The van der Waals surface area contributed by atoms with Gasteiger partial charge in [0.15, 0.2) is 0 Å². The van der Waals surface area contributed by atoms with E-state index in [0.717, 1.165) is 11.8 Å². The molecule has 0 aromatic heterocycles. The summed E-state index contributed by atoms with van der Waals surface area (Å²) in [7, 11) is 0. The third kappa shape index (κ3) is 2.16. The second kappa shape index (κ2) is 2.55. The lowest BCUT2D eigenvalue weighted by molar-refractivity contribution is 0.694. The quantitative estimate of drug-likeness (QED) is 0.310. The van der Waals surface area contributed by atoms with Crippen LogP contribution in [0.1, 0.15) is 6.42 Å². The molecule has 7 heavy (non-hydrogen) atoms. The molecule has 0 spiro atoms. The van der Waals surface area contributed by atoms with E-state index < -0.39 is 0 Å². The minimum Gasteiger partial charge on any atom is -0.271 e. The summed E-state index contributed by atoms with van der Waals surface area (Å²) < 4.78 is 0. The van der Waals surface area contributed by atoms with E-state index in [1.165, 1.54) is 12.2 Å². The van der Waals surface area contributed by atoms with Crippen LogP contribution < -0.4 is 11.3 Å². The van der Waals surface area contributed by atoms with Crippen LogP contribution in [0.25, 0.3) is 0 Å². The van der Waals surface area contributed by atoms with E-state index in [2.05, 4.69) is 5.43 Å². The van der Waals surface area contributed by atoms with Crippen LogP contribution in [0, 0.1) is 0 Å². The summed E-state index contributed by atoms with van der Waals surface area (Å²) in [6, 6.07) is 0. The largest absolute Gasteiger partial charge is 0.271 e. The van der Waals surface area contributed by atoms with Crippen LogP contribution >= 0.6 is 11.8 Å². The van der Waals surface area contributed by atoms with Crippen molar-refractivity contribution >= 4 is 11.8 Å². The van der Waals surface area contributed by atoms with Crippen molar-refractivity contribution < 1.29 is 0 Å². The van der Waals surface area contributed by atoms with Gasteiger partial charge in [-0.25, -0.2) is 0 Å². The second-order valence-corrected chi connectivity index (χ2v) is 3.03. The average Bonchev–Trinajstić information content (AvgIpc) is 2.42. The summed E-state index contributed by atoms with van der Waals surface area (Å²) in [5, 5.41) is 0.927. The third-order valence-electron chi connectivity index (χ3n) is 1.01. The number of nitrogens with one attached hydrogen (secondary N) is 1. The van der Waals surface area contributed by atoms with Gasteiger partial charge in [-0.15, -0.1) is 0 Å². The van der Waals surface area contributed by atoms with E-state index >= 15 is 0 Å². The Morgan fingerprint density at radius 3 is 3.00 bits per heavy atom. The highest BCUT2D eigenvalue weighted by Gasteiger charge is 2.20. The number of hydrazine groups is 1. The lowest BCUT2D eigenvalue weighted by atomic mass is 10.3. The summed E-state index contributed by atoms with van der Waals surface area (Å²) in [6.45, 7) is 0.970. The molecule has 0 aliphatic carbocycles. The van der Waals surface area contributed by atoms with Gasteiger partial charge in [0.2, 0.25) is 0 Å². The highest BCUT2D eigenvalue weighted by Crippen LogP contribution is 2.32. The van der Waals surface area contributed by atoms with Crippen molar-refractivity contribution in [3.05, 3.63) is 0 Å². The van der Waals surface area contributed by atoms with Gasteiger partial charge in [-0.1, -0.05) is 0 Å². The van der Waals surface area contributed by atoms with Gasteiger partial charge in [-0.3, -0.25) is 11.3 Å². The van der Waals surface area contributed by atoms with Gasteiger partial charge >= 0.3 is 0 Å². The van der Waals surface area contributed by atoms with Crippen molar-refractivity contribution in [1.29, 1.82) is 0 Å². The smallest absolute Gasteiger partial charge is 0.0151 e. The number of hydrogen-bond donors (Lipinski definition) is 2. The molecule has 1 fully saturated rings. The minimum atomic E-state index is 0.927. The fourth-order valence-electron chi connectivity index (χ4n) is 0.479. The van der Waals surface area contributed by atoms with Crippen molar-refractivity contribution in [3.63, 3.8) is 0 Å². The van der Waals surface area contributed by atoms with Crippen LogP contribution in [-0.4, -0.2) is 17.5 Å². The minimum absolute atomic E-state index is 0.927. The lowest BCUT2D eigenvalue weighted by Gasteiger charge is -1.90. The van der Waals surface area contributed by atoms with E-state index in [0.29, 0.717) is 0 Å². The van der Waals surface area contributed by atoms with Crippen LogP contribution in [-0.2, 0) is 0 Å². The van der Waals surface area contributed by atoms with Gasteiger partial charge in [0.25, 0.3) is 0 Å². The number of hydrogen-bond acceptors (Lipinski definition) is 3. The molecule has 3 N–H and O–H groups in total. The molecular weight excluding hydrogens is 108 g/mol. The molecule has 0 amide bonds. The first-order valence-corrected chi connectivity index (χ1v) is 3.53. The lowest BCUT2D eigenvalue weighted by Crippen LogP contribution is -2.23. The normalized spacial score (nSPS) is 27.9. The highest BCUT2D eigenvalue weighted by atomic mass is 32.2. The van der Waals surface area contributed by atoms with Crippen molar-refractivity contribution in [1.82, 2.24) is 5.43 Å². The van der Waals surface area contributed by atoms with E-state index in [1.807, 2.05) is 11.8 Å². The molecule has 1 atom stereocenters. The SMILES string of the molecule is NNCCC1CS1. The fourth-order valence-corrected chi connectivity index (χ4v) is 1.07. The van der Waals surface area contributed by atoms with Crippen molar-refractivity contribution in [3.8, 4) is 0 Å². The molecule has 3 heteroatoms. The van der Waals surface area contributed by atoms with Crippen molar-refractivity contribution in [2.24, 2.45) is 5.84 Å². The molecule has 1 unspecified atom stereocenters. The van der Waals surface area contributed by atoms with Gasteiger partial charge in [0, 0.05) is 17.5 Å². The maximum atomic E-state index is 5.05. The molecule has 2 nitrogen and oxygen atoms in total. The molecule has 1 saturated heterocycles. The first kappa shape index (κ1) is 5.41. The van der Waals surface area contributed by atoms with Crippen LogP contribution in [0.2, 0.25) is 0 Å². The number of rotatable bonds is 3. The Morgan fingerprint density at radius 1 is 1.86 bits per heavy atom. The Bertz CT molecular complexity index is 53.7. The van der Waals surface area contributed by atoms with E-state index in [4.69, 9.17) is 5.84 Å². The number of thioether (sulfide) groups is 1. The van der Waals surface area contributed by atoms with Gasteiger partial charge in [0.1, 0.15) is 0 Å². The molecule has 0 radical (unpaired) electrons. The van der Waals surface area contributed by atoms with Crippen molar-refractivity contribution in [2.75, 3.05) is 12.3 Å². The maximum absolute atomic E-state index is 5.05. The van der Waals surface area contributed by atoms with E-state index in [1.54, 1.807) is 0 Å². The zero-order chi connectivity index (χ0) is 5.11. The van der Waals surface area contributed by atoms with Crippen LogP contribution in [0.5, 0.6) is 0 Å². The summed E-state index contributed by atoms with van der Waals surface area (Å²) in [4.78, 5) is 0. The molecular formula is C4H10N2S. The standard InChI is InChI=1S/C4H10N2S/c5-6-2-1-4-3-7-4/h4,6H,1-3,5H2. The zero-order valence-corrected chi connectivity index (χ0v) is 5.00. The van der Waals surface area contributed by atoms with E-state index in [-0.39, 0.29) is 0 Å². The zero-order valence-electron chi connectivity index (χ0n) is 4.18. The topological polar surface area (TPSA) is 38.0 Å². The predicted octanol–water partition coefficient (Wildman–Crippen LogP) is -0.0448. The molecule has 1 aliphatic rings. The first-order valence-electron chi connectivity index (χ1n) is 2.48. The highest BCUT2D eigenvalue weighted by molar-refractivity contribution is 8.06. The Hall–Kier alpha value is 0.270. The van der Waals surface area contributed by atoms with Crippen LogP contribution in [0.3, 0.4) is 0 Å². The third-order valence-corrected chi connectivity index (χ3v) is 2.05. The molecule has 0 aromatic rings. The molecule has 1 rings (SSSR count). The maximum Gasteiger partial charge on any atom is 0.0151 e. The summed E-state index contributed by atoms with van der Waals surface area (Å²) >= 11 is 2.01. The monoisotopic (exact) mass is 118 g/mol. The molecule has 0 aromatic carbocycles. The second-order valence-electron chi connectivity index (χ2n) is 1.70. The van der Waals surface area contributed by atoms with E-state index in [9.17, 15) is 0 Å². The Kier molecular flexibility index (Phi) is 1.97. The Morgan fingerprint density at radius 2 is 2.57 bits per heavy atom. The molecule has 42 valence electrons. The predicted molar refractivity (Wildman–Crippen MR) is 33.1 cm³/mol. The van der Waals surface area contributed by atoms with Gasteiger partial charge < -0.3 is 0 Å². The first-order chi connectivity index (χ1) is 3.43. The van der Waals surface area contributed by atoms with Crippen molar-refractivity contribution in [2.45, 2.75) is 11.7 Å². The molecule has 0 saturated carbocycles. The Balaban J connectivity index is 1.80. The molecule has 1 aliphatic heterocycles. The van der Waals surface area contributed by atoms with Gasteiger partial charge in [-0.2, -0.15) is 11.8 Å². The summed E-state index contributed by atoms with van der Waals surface area (Å²) in [5.41, 5.74) is 2.63. The van der Waals surface area contributed by atoms with Gasteiger partial charge in [-0.05, 0) is 6.42 Å². The summed E-state index contributed by atoms with van der Waals surface area (Å²) in [5.74, 6) is 6.39. The molecule has 0 bridgehead atoms. The Labute approximate surface area is 47.8 Å². The summed E-state index contributed by atoms with van der Waals surface area (Å²) in [6.07, 6.45) is 1.24. The fraction of sp³-hybridized carbons (Fsp3) is 1.00. The van der Waals surface area contributed by atoms with Gasteiger partial charge in [0.05, 0.1) is 0 Å². The average molecular weight is 118 g/mol. The molecule has 1 heterocycles. The van der Waals surface area contributed by atoms with Crippen LogP contribution in [0.4, 0.5) is 0 Å².